The monoisotopic (exact) mass is 333 g/mol. The minimum atomic E-state index is -1.74. The number of aryl methyl sites for hydroxylation is 1. The number of rotatable bonds is 2. The molecule has 22 heavy (non-hydrogen) atoms. The van der Waals surface area contributed by atoms with E-state index in [2.05, 4.69) is 0 Å². The minimum Gasteiger partial charge on any atom is -0.407 e. The second kappa shape index (κ2) is 5.67. The molecule has 0 bridgehead atoms. The quantitative estimate of drug-likeness (QED) is 0.602. The molecule has 1 aromatic heterocycles. The number of halogens is 2. The van der Waals surface area contributed by atoms with Crippen LogP contribution in [0.25, 0.3) is 10.9 Å². The van der Waals surface area contributed by atoms with Crippen LogP contribution < -0.4 is 0 Å². The molecule has 3 nitrogen and oxygen atoms in total. The van der Waals surface area contributed by atoms with Gasteiger partial charge in [-0.15, -0.1) is 0 Å². The molecular formula is C17H13Cl2NO2. The maximum absolute atomic E-state index is 12.4. The first-order valence-corrected chi connectivity index (χ1v) is 7.48. The summed E-state index contributed by atoms with van der Waals surface area (Å²) in [7, 11) is 0. The van der Waals surface area contributed by atoms with Crippen molar-refractivity contribution in [3.63, 3.8) is 0 Å². The van der Waals surface area contributed by atoms with Gasteiger partial charge in [0.2, 0.25) is 0 Å². The Balaban J connectivity index is 1.94. The standard InChI is InChI=1S/C17H13Cl2NO2/c1-12-11-20(15-10-6-5-9-14(12)15)16(21)22-17(18,19)13-7-3-2-4-8-13/h2-11H,1H3. The average Bonchev–Trinajstić information content (AvgIpc) is 2.86. The molecule has 3 rings (SSSR count). The zero-order valence-corrected chi connectivity index (χ0v) is 13.3. The van der Waals surface area contributed by atoms with Crippen LogP contribution in [0.15, 0.2) is 60.8 Å². The number of alkyl halides is 2. The summed E-state index contributed by atoms with van der Waals surface area (Å²) in [5, 5.41) is 0.980. The van der Waals surface area contributed by atoms with Gasteiger partial charge in [-0.1, -0.05) is 71.7 Å². The van der Waals surface area contributed by atoms with Gasteiger partial charge in [-0.05, 0) is 18.6 Å². The van der Waals surface area contributed by atoms with E-state index in [0.717, 1.165) is 16.5 Å². The molecule has 0 fully saturated rings. The first kappa shape index (κ1) is 14.9. The van der Waals surface area contributed by atoms with Gasteiger partial charge < -0.3 is 4.74 Å². The number of nitrogens with zero attached hydrogens (tertiary/aromatic N) is 1. The van der Waals surface area contributed by atoms with Crippen molar-refractivity contribution in [2.45, 2.75) is 11.4 Å². The molecule has 0 aliphatic carbocycles. The molecule has 3 aromatic rings. The lowest BCUT2D eigenvalue weighted by atomic mass is 10.2. The molecule has 0 unspecified atom stereocenters. The summed E-state index contributed by atoms with van der Waals surface area (Å²) in [4.78, 5) is 12.4. The van der Waals surface area contributed by atoms with Crippen LogP contribution in [0, 0.1) is 6.92 Å². The van der Waals surface area contributed by atoms with Crippen LogP contribution in [0.4, 0.5) is 4.79 Å². The number of fused-ring (bicyclic) bond motifs is 1. The predicted molar refractivity (Wildman–Crippen MR) is 88.4 cm³/mol. The van der Waals surface area contributed by atoms with Gasteiger partial charge >= 0.3 is 6.09 Å². The normalized spacial score (nSPS) is 11.6. The van der Waals surface area contributed by atoms with Crippen LogP contribution in [0.3, 0.4) is 0 Å². The van der Waals surface area contributed by atoms with Gasteiger partial charge in [-0.25, -0.2) is 4.79 Å². The number of ether oxygens (including phenoxy) is 1. The molecule has 5 heteroatoms. The number of hydrogen-bond donors (Lipinski definition) is 0. The average molecular weight is 334 g/mol. The molecule has 0 saturated carbocycles. The Kier molecular flexibility index (Phi) is 3.85. The van der Waals surface area contributed by atoms with E-state index in [9.17, 15) is 4.79 Å². The number of benzene rings is 2. The highest BCUT2D eigenvalue weighted by molar-refractivity contribution is 6.47. The van der Waals surface area contributed by atoms with E-state index in [0.29, 0.717) is 5.56 Å². The van der Waals surface area contributed by atoms with Crippen molar-refractivity contribution in [3.8, 4) is 0 Å². The van der Waals surface area contributed by atoms with E-state index in [4.69, 9.17) is 27.9 Å². The highest BCUT2D eigenvalue weighted by Crippen LogP contribution is 2.36. The van der Waals surface area contributed by atoms with Crippen LogP contribution in [0.2, 0.25) is 0 Å². The molecule has 0 aliphatic heterocycles. The molecule has 0 N–H and O–H groups in total. The zero-order chi connectivity index (χ0) is 15.7. The molecule has 0 amide bonds. The highest BCUT2D eigenvalue weighted by Gasteiger charge is 2.32. The fraction of sp³-hybridized carbons (Fsp3) is 0.118. The van der Waals surface area contributed by atoms with E-state index in [1.165, 1.54) is 4.57 Å². The summed E-state index contributed by atoms with van der Waals surface area (Å²) < 4.78 is 4.96. The third-order valence-electron chi connectivity index (χ3n) is 3.43. The van der Waals surface area contributed by atoms with Crippen LogP contribution in [-0.4, -0.2) is 10.7 Å². The maximum Gasteiger partial charge on any atom is 0.421 e. The van der Waals surface area contributed by atoms with Gasteiger partial charge in [-0.3, -0.25) is 4.57 Å². The van der Waals surface area contributed by atoms with Crippen LogP contribution in [0.1, 0.15) is 11.1 Å². The third kappa shape index (κ3) is 2.70. The van der Waals surface area contributed by atoms with Crippen molar-refractivity contribution in [2.75, 3.05) is 0 Å². The largest absolute Gasteiger partial charge is 0.421 e. The zero-order valence-electron chi connectivity index (χ0n) is 11.8. The van der Waals surface area contributed by atoms with Crippen molar-refractivity contribution in [1.82, 2.24) is 4.57 Å². The number of carbonyl (C=O) groups excluding carboxylic acids is 1. The summed E-state index contributed by atoms with van der Waals surface area (Å²) in [6.45, 7) is 1.93. The Morgan fingerprint density at radius 3 is 2.41 bits per heavy atom. The van der Waals surface area contributed by atoms with Crippen molar-refractivity contribution < 1.29 is 9.53 Å². The summed E-state index contributed by atoms with van der Waals surface area (Å²) in [6, 6.07) is 16.3. The van der Waals surface area contributed by atoms with Gasteiger partial charge in [0.05, 0.1) is 5.52 Å². The Morgan fingerprint density at radius 1 is 1.05 bits per heavy atom. The number of aromatic nitrogens is 1. The second-order valence-corrected chi connectivity index (χ2v) is 6.21. The molecule has 0 aliphatic rings. The smallest absolute Gasteiger partial charge is 0.407 e. The summed E-state index contributed by atoms with van der Waals surface area (Å²) in [6.07, 6.45) is 1.08. The summed E-state index contributed by atoms with van der Waals surface area (Å²) in [5.41, 5.74) is 2.23. The first-order valence-electron chi connectivity index (χ1n) is 6.72. The first-order chi connectivity index (χ1) is 10.5. The highest BCUT2D eigenvalue weighted by atomic mass is 35.5. The second-order valence-electron chi connectivity index (χ2n) is 4.95. The third-order valence-corrected chi connectivity index (χ3v) is 4.02. The van der Waals surface area contributed by atoms with Gasteiger partial charge in [0.25, 0.3) is 4.52 Å². The van der Waals surface area contributed by atoms with Gasteiger partial charge in [0.1, 0.15) is 0 Å². The number of carbonyl (C=O) groups is 1. The lowest BCUT2D eigenvalue weighted by Crippen LogP contribution is -2.23. The summed E-state index contributed by atoms with van der Waals surface area (Å²) >= 11 is 12.3. The molecule has 112 valence electrons. The Labute approximate surface area is 138 Å². The van der Waals surface area contributed by atoms with E-state index in [1.807, 2.05) is 37.3 Å². The molecule has 0 spiro atoms. The van der Waals surface area contributed by atoms with E-state index in [1.54, 1.807) is 30.5 Å². The van der Waals surface area contributed by atoms with Crippen molar-refractivity contribution >= 4 is 40.2 Å². The summed E-state index contributed by atoms with van der Waals surface area (Å²) in [5.74, 6) is 0. The van der Waals surface area contributed by atoms with E-state index >= 15 is 0 Å². The van der Waals surface area contributed by atoms with Gasteiger partial charge in [-0.2, -0.15) is 0 Å². The molecule has 1 heterocycles. The van der Waals surface area contributed by atoms with Crippen LogP contribution in [-0.2, 0) is 9.26 Å². The molecule has 0 radical (unpaired) electrons. The van der Waals surface area contributed by atoms with E-state index < -0.39 is 10.6 Å². The lowest BCUT2D eigenvalue weighted by molar-refractivity contribution is 0.117. The SMILES string of the molecule is Cc1cn(C(=O)OC(Cl)(Cl)c2ccccc2)c2ccccc12. The van der Waals surface area contributed by atoms with E-state index in [-0.39, 0.29) is 0 Å². The number of para-hydroxylation sites is 1. The van der Waals surface area contributed by atoms with Crippen molar-refractivity contribution in [1.29, 1.82) is 0 Å². The fourth-order valence-corrected chi connectivity index (χ4v) is 2.73. The van der Waals surface area contributed by atoms with Crippen molar-refractivity contribution in [2.24, 2.45) is 0 Å². The van der Waals surface area contributed by atoms with Gasteiger partial charge in [0.15, 0.2) is 0 Å². The maximum atomic E-state index is 12.4. The van der Waals surface area contributed by atoms with Crippen LogP contribution >= 0.6 is 23.2 Å². The molecule has 0 atom stereocenters. The minimum absolute atomic E-state index is 0.500. The Bertz CT molecular complexity index is 825. The Morgan fingerprint density at radius 2 is 1.68 bits per heavy atom. The molecule has 2 aromatic carbocycles. The van der Waals surface area contributed by atoms with Crippen molar-refractivity contribution in [3.05, 3.63) is 71.9 Å². The molecular weight excluding hydrogens is 321 g/mol. The lowest BCUT2D eigenvalue weighted by Gasteiger charge is -2.20. The fourth-order valence-electron chi connectivity index (χ4n) is 2.35. The molecule has 0 saturated heterocycles. The van der Waals surface area contributed by atoms with Crippen LogP contribution in [0.5, 0.6) is 0 Å². The van der Waals surface area contributed by atoms with Gasteiger partial charge in [0, 0.05) is 17.1 Å². The Hall–Kier alpha value is -1.97. The topological polar surface area (TPSA) is 31.2 Å². The predicted octanol–water partition coefficient (Wildman–Crippen LogP) is 5.22. The number of hydrogen-bond acceptors (Lipinski definition) is 2.